The maximum absolute atomic E-state index is 12.4. The quantitative estimate of drug-likeness (QED) is 0.422. The van der Waals surface area contributed by atoms with Crippen LogP contribution in [0.2, 0.25) is 0 Å². The van der Waals surface area contributed by atoms with Crippen molar-refractivity contribution >= 4 is 11.9 Å². The molecule has 0 fully saturated rings. The molecule has 0 spiro atoms. The van der Waals surface area contributed by atoms with Crippen LogP contribution in [0.1, 0.15) is 93.9 Å². The minimum Gasteiger partial charge on any atom is -0.460 e. The molecule has 0 saturated carbocycles. The first-order valence-electron chi connectivity index (χ1n) is 9.31. The molecule has 2 atom stereocenters. The zero-order chi connectivity index (χ0) is 19.0. The van der Waals surface area contributed by atoms with Crippen molar-refractivity contribution in [2.45, 2.75) is 105 Å². The average Bonchev–Trinajstić information content (AvgIpc) is 2.38. The van der Waals surface area contributed by atoms with Gasteiger partial charge in [-0.2, -0.15) is 0 Å². The molecule has 0 aromatic carbocycles. The Hall–Kier alpha value is -1.06. The fraction of sp³-hybridized carbons (Fsp3) is 0.900. The van der Waals surface area contributed by atoms with Gasteiger partial charge < -0.3 is 9.47 Å². The summed E-state index contributed by atoms with van der Waals surface area (Å²) in [6.07, 6.45) is 5.38. The highest BCUT2D eigenvalue weighted by Crippen LogP contribution is 2.24. The van der Waals surface area contributed by atoms with Gasteiger partial charge in [-0.1, -0.05) is 33.1 Å². The topological polar surface area (TPSA) is 52.6 Å². The van der Waals surface area contributed by atoms with Gasteiger partial charge in [0.05, 0.1) is 11.8 Å². The third-order valence-electron chi connectivity index (χ3n) is 3.65. The fourth-order valence-electron chi connectivity index (χ4n) is 2.38. The maximum atomic E-state index is 12.4. The lowest BCUT2D eigenvalue weighted by molar-refractivity contribution is -0.163. The van der Waals surface area contributed by atoms with Gasteiger partial charge in [0.15, 0.2) is 0 Å². The van der Waals surface area contributed by atoms with Crippen LogP contribution in [0.4, 0.5) is 0 Å². The number of rotatable bonds is 9. The number of carbonyl (C=O) groups excluding carboxylic acids is 2. The normalized spacial score (nSPS) is 14.8. The molecule has 0 heterocycles. The summed E-state index contributed by atoms with van der Waals surface area (Å²) in [5.74, 6) is -0.685. The summed E-state index contributed by atoms with van der Waals surface area (Å²) in [6, 6.07) is 0. The molecule has 142 valence electrons. The van der Waals surface area contributed by atoms with Crippen LogP contribution in [-0.2, 0) is 19.1 Å². The fourth-order valence-corrected chi connectivity index (χ4v) is 2.38. The molecule has 0 radical (unpaired) electrons. The van der Waals surface area contributed by atoms with E-state index in [0.29, 0.717) is 12.8 Å². The van der Waals surface area contributed by atoms with Gasteiger partial charge in [-0.15, -0.1) is 0 Å². The Labute approximate surface area is 148 Å². The monoisotopic (exact) mass is 342 g/mol. The number of hydrogen-bond donors (Lipinski definition) is 0. The van der Waals surface area contributed by atoms with Gasteiger partial charge in [0.1, 0.15) is 11.2 Å². The summed E-state index contributed by atoms with van der Waals surface area (Å²) >= 11 is 0. The Balaban J connectivity index is 4.63. The van der Waals surface area contributed by atoms with Crippen molar-refractivity contribution in [3.8, 4) is 0 Å². The molecule has 0 N–H and O–H groups in total. The van der Waals surface area contributed by atoms with Crippen molar-refractivity contribution in [2.75, 3.05) is 0 Å². The smallest absolute Gasteiger partial charge is 0.309 e. The third-order valence-corrected chi connectivity index (χ3v) is 3.65. The Morgan fingerprint density at radius 3 is 1.75 bits per heavy atom. The first-order chi connectivity index (χ1) is 10.9. The minimum atomic E-state index is -0.475. The lowest BCUT2D eigenvalue weighted by Gasteiger charge is -2.25. The predicted octanol–water partition coefficient (Wildman–Crippen LogP) is 5.28. The summed E-state index contributed by atoms with van der Waals surface area (Å²) in [5, 5.41) is 0. The van der Waals surface area contributed by atoms with Gasteiger partial charge in [-0.3, -0.25) is 9.59 Å². The average molecular weight is 343 g/mol. The Morgan fingerprint density at radius 1 is 0.792 bits per heavy atom. The zero-order valence-corrected chi connectivity index (χ0v) is 17.0. The van der Waals surface area contributed by atoms with Crippen LogP contribution >= 0.6 is 0 Å². The van der Waals surface area contributed by atoms with E-state index in [1.54, 1.807) is 0 Å². The van der Waals surface area contributed by atoms with Gasteiger partial charge in [0.2, 0.25) is 0 Å². The molecule has 0 aliphatic carbocycles. The van der Waals surface area contributed by atoms with E-state index in [1.807, 2.05) is 48.5 Å². The molecular weight excluding hydrogens is 304 g/mol. The van der Waals surface area contributed by atoms with Crippen molar-refractivity contribution in [1.82, 2.24) is 0 Å². The van der Waals surface area contributed by atoms with Crippen LogP contribution in [0.3, 0.4) is 0 Å². The summed E-state index contributed by atoms with van der Waals surface area (Å²) in [5.41, 5.74) is -0.950. The van der Waals surface area contributed by atoms with Crippen LogP contribution in [0.15, 0.2) is 0 Å². The Morgan fingerprint density at radius 2 is 1.29 bits per heavy atom. The summed E-state index contributed by atoms with van der Waals surface area (Å²) < 4.78 is 11.0. The van der Waals surface area contributed by atoms with Crippen LogP contribution in [0.5, 0.6) is 0 Å². The summed E-state index contributed by atoms with van der Waals surface area (Å²) in [4.78, 5) is 24.5. The standard InChI is InChI=1S/C20H38O4/c1-9-10-11-12-16(18(22)24-20(6,7)8)14-13-15(2)17(21)23-19(3,4)5/h15-16H,9-14H2,1-8H3. The highest BCUT2D eigenvalue weighted by molar-refractivity contribution is 5.74. The summed E-state index contributed by atoms with van der Waals surface area (Å²) in [7, 11) is 0. The van der Waals surface area contributed by atoms with Crippen molar-refractivity contribution in [2.24, 2.45) is 11.8 Å². The molecule has 24 heavy (non-hydrogen) atoms. The molecule has 0 bridgehead atoms. The third kappa shape index (κ3) is 11.5. The molecule has 2 unspecified atom stereocenters. The van der Waals surface area contributed by atoms with Gasteiger partial charge in [-0.05, 0) is 60.8 Å². The number of esters is 2. The second-order valence-corrected chi connectivity index (χ2v) is 8.74. The van der Waals surface area contributed by atoms with E-state index in [2.05, 4.69) is 6.92 Å². The molecular formula is C20H38O4. The number of carbonyl (C=O) groups is 2. The van der Waals surface area contributed by atoms with Gasteiger partial charge >= 0.3 is 11.9 Å². The van der Waals surface area contributed by atoms with Crippen LogP contribution in [0, 0.1) is 11.8 Å². The van der Waals surface area contributed by atoms with E-state index < -0.39 is 11.2 Å². The summed E-state index contributed by atoms with van der Waals surface area (Å²) in [6.45, 7) is 15.3. The van der Waals surface area contributed by atoms with E-state index >= 15 is 0 Å². The molecule has 0 aromatic rings. The van der Waals surface area contributed by atoms with Crippen molar-refractivity contribution in [3.63, 3.8) is 0 Å². The highest BCUT2D eigenvalue weighted by Gasteiger charge is 2.27. The molecule has 4 nitrogen and oxygen atoms in total. The van der Waals surface area contributed by atoms with Gasteiger partial charge in [-0.25, -0.2) is 0 Å². The molecule has 0 rings (SSSR count). The molecule has 0 amide bonds. The van der Waals surface area contributed by atoms with E-state index in [-0.39, 0.29) is 23.8 Å². The highest BCUT2D eigenvalue weighted by atomic mass is 16.6. The first kappa shape index (κ1) is 22.9. The van der Waals surface area contributed by atoms with E-state index in [1.165, 1.54) is 0 Å². The van der Waals surface area contributed by atoms with Crippen LogP contribution < -0.4 is 0 Å². The van der Waals surface area contributed by atoms with Crippen LogP contribution in [-0.4, -0.2) is 23.1 Å². The SMILES string of the molecule is CCCCCC(CCC(C)C(=O)OC(C)(C)C)C(=O)OC(C)(C)C. The second kappa shape index (κ2) is 10.0. The van der Waals surface area contributed by atoms with E-state index in [9.17, 15) is 9.59 Å². The molecule has 0 aromatic heterocycles. The van der Waals surface area contributed by atoms with Gasteiger partial charge in [0.25, 0.3) is 0 Å². The number of ether oxygens (including phenoxy) is 2. The largest absolute Gasteiger partial charge is 0.460 e. The molecule has 4 heteroatoms. The molecule has 0 aliphatic heterocycles. The Kier molecular flexibility index (Phi) is 9.61. The predicted molar refractivity (Wildman–Crippen MR) is 97.7 cm³/mol. The lowest BCUT2D eigenvalue weighted by Crippen LogP contribution is -2.30. The minimum absolute atomic E-state index is 0.138. The van der Waals surface area contributed by atoms with Crippen molar-refractivity contribution < 1.29 is 19.1 Å². The second-order valence-electron chi connectivity index (χ2n) is 8.74. The number of unbranched alkanes of at least 4 members (excludes halogenated alkanes) is 2. The molecule has 0 saturated heterocycles. The van der Waals surface area contributed by atoms with E-state index in [0.717, 1.165) is 25.7 Å². The first-order valence-corrected chi connectivity index (χ1v) is 9.31. The van der Waals surface area contributed by atoms with Crippen LogP contribution in [0.25, 0.3) is 0 Å². The zero-order valence-electron chi connectivity index (χ0n) is 17.0. The maximum Gasteiger partial charge on any atom is 0.309 e. The van der Waals surface area contributed by atoms with E-state index in [4.69, 9.17) is 9.47 Å². The number of hydrogen-bond acceptors (Lipinski definition) is 4. The molecule has 0 aliphatic rings. The Bertz CT molecular complexity index is 387. The van der Waals surface area contributed by atoms with Crippen molar-refractivity contribution in [1.29, 1.82) is 0 Å². The van der Waals surface area contributed by atoms with Crippen molar-refractivity contribution in [3.05, 3.63) is 0 Å². The lowest BCUT2D eigenvalue weighted by atomic mass is 9.92. The van der Waals surface area contributed by atoms with Gasteiger partial charge in [0, 0.05) is 0 Å².